The number of thiazole rings is 1. The summed E-state index contributed by atoms with van der Waals surface area (Å²) in [4.78, 5) is 30.5. The summed E-state index contributed by atoms with van der Waals surface area (Å²) in [5, 5.41) is 3.52. The third kappa shape index (κ3) is 4.98. The summed E-state index contributed by atoms with van der Waals surface area (Å²) in [7, 11) is -3.75. The lowest BCUT2D eigenvalue weighted by Gasteiger charge is -2.23. The van der Waals surface area contributed by atoms with Crippen molar-refractivity contribution in [2.75, 3.05) is 18.4 Å². The highest BCUT2D eigenvalue weighted by atomic mass is 32.2. The number of para-hydroxylation sites is 1. The van der Waals surface area contributed by atoms with Crippen molar-refractivity contribution in [3.05, 3.63) is 53.5 Å². The van der Waals surface area contributed by atoms with Crippen LogP contribution < -0.4 is 10.0 Å². The number of amides is 2. The minimum atomic E-state index is -3.75. The van der Waals surface area contributed by atoms with Crippen LogP contribution in [0.15, 0.2) is 53.4 Å². The van der Waals surface area contributed by atoms with Gasteiger partial charge in [-0.05, 0) is 49.2 Å². The third-order valence-corrected chi connectivity index (χ3v) is 7.90. The third-order valence-electron chi connectivity index (χ3n) is 5.28. The first-order valence-corrected chi connectivity index (χ1v) is 12.7. The number of hydrogen-bond donors (Lipinski definition) is 2. The topological polar surface area (TPSA) is 108 Å². The first-order chi connectivity index (χ1) is 15.3. The first kappa shape index (κ1) is 22.4. The van der Waals surface area contributed by atoms with Gasteiger partial charge < -0.3 is 10.2 Å². The average Bonchev–Trinajstić information content (AvgIpc) is 3.40. The number of fused-ring (bicyclic) bond motifs is 1. The molecular formula is C22H24N4O4S2. The number of carbonyl (C=O) groups excluding carboxylic acids is 2. The van der Waals surface area contributed by atoms with Gasteiger partial charge in [-0.2, -0.15) is 0 Å². The highest BCUT2D eigenvalue weighted by molar-refractivity contribution is 7.89. The molecule has 1 aliphatic rings. The number of aromatic nitrogens is 1. The Morgan fingerprint density at radius 1 is 1.16 bits per heavy atom. The second-order valence-corrected chi connectivity index (χ2v) is 10.4. The molecule has 4 rings (SSSR count). The Bertz CT molecular complexity index is 1210. The zero-order valence-corrected chi connectivity index (χ0v) is 19.2. The lowest BCUT2D eigenvalue weighted by Crippen LogP contribution is -2.34. The maximum atomic E-state index is 12.8. The zero-order valence-electron chi connectivity index (χ0n) is 17.6. The lowest BCUT2D eigenvalue weighted by atomic mass is 10.2. The molecule has 32 heavy (non-hydrogen) atoms. The van der Waals surface area contributed by atoms with Gasteiger partial charge in [0, 0.05) is 32.1 Å². The van der Waals surface area contributed by atoms with E-state index in [4.69, 9.17) is 4.98 Å². The summed E-state index contributed by atoms with van der Waals surface area (Å²) in [6.45, 7) is 2.04. The highest BCUT2D eigenvalue weighted by Gasteiger charge is 2.32. The lowest BCUT2D eigenvalue weighted by molar-refractivity contribution is -0.132. The monoisotopic (exact) mass is 472 g/mol. The predicted molar refractivity (Wildman–Crippen MR) is 124 cm³/mol. The Balaban J connectivity index is 1.36. The number of anilines is 1. The summed E-state index contributed by atoms with van der Waals surface area (Å²) in [6, 6.07) is 13.7. The molecule has 2 N–H and O–H groups in total. The van der Waals surface area contributed by atoms with E-state index in [0.29, 0.717) is 12.2 Å². The number of nitrogens with one attached hydrogen (secondary N) is 2. The molecule has 0 bridgehead atoms. The Morgan fingerprint density at radius 2 is 1.91 bits per heavy atom. The van der Waals surface area contributed by atoms with Crippen LogP contribution in [0.3, 0.4) is 0 Å². The molecule has 8 nitrogen and oxygen atoms in total. The Labute approximate surface area is 190 Å². The fourth-order valence-electron chi connectivity index (χ4n) is 3.79. The number of hydrogen-bond acceptors (Lipinski definition) is 6. The van der Waals surface area contributed by atoms with E-state index in [1.165, 1.54) is 31.2 Å². The molecule has 168 valence electrons. The van der Waals surface area contributed by atoms with Crippen LogP contribution in [-0.4, -0.2) is 43.2 Å². The van der Waals surface area contributed by atoms with Gasteiger partial charge in [-0.25, -0.2) is 18.1 Å². The van der Waals surface area contributed by atoms with Crippen LogP contribution in [0.1, 0.15) is 37.2 Å². The van der Waals surface area contributed by atoms with Crippen LogP contribution in [0.2, 0.25) is 0 Å². The molecule has 2 heterocycles. The SMILES string of the molecule is CC(=O)Nc1ccc(S(=O)(=O)NCCC(=O)N2CCC[C@H]2c2nc3ccccc3s2)cc1. The molecule has 0 saturated carbocycles. The standard InChI is InChI=1S/C22H24N4O4S2/c1-15(27)24-16-8-10-17(11-9-16)32(29,30)23-13-12-21(28)26-14-4-6-19(26)22-25-18-5-2-3-7-20(18)31-22/h2-3,5,7-11,19,23H,4,6,12-14H2,1H3,(H,24,27)/t19-/m0/s1. The Kier molecular flexibility index (Phi) is 6.54. The zero-order chi connectivity index (χ0) is 22.7. The maximum absolute atomic E-state index is 12.8. The van der Waals surface area contributed by atoms with Gasteiger partial charge >= 0.3 is 0 Å². The molecule has 1 atom stereocenters. The summed E-state index contributed by atoms with van der Waals surface area (Å²) in [5.41, 5.74) is 1.45. The number of rotatable bonds is 7. The van der Waals surface area contributed by atoms with Gasteiger partial charge in [0.1, 0.15) is 5.01 Å². The van der Waals surface area contributed by atoms with E-state index in [1.54, 1.807) is 11.3 Å². The fraction of sp³-hybridized carbons (Fsp3) is 0.318. The molecule has 2 aromatic carbocycles. The Hall–Kier alpha value is -2.82. The molecule has 3 aromatic rings. The number of sulfonamides is 1. The van der Waals surface area contributed by atoms with Gasteiger partial charge in [-0.3, -0.25) is 9.59 Å². The van der Waals surface area contributed by atoms with E-state index in [1.807, 2.05) is 29.2 Å². The average molecular weight is 473 g/mol. The molecule has 1 saturated heterocycles. The van der Waals surface area contributed by atoms with Gasteiger partial charge in [-0.1, -0.05) is 12.1 Å². The largest absolute Gasteiger partial charge is 0.333 e. The molecule has 1 aromatic heterocycles. The molecule has 0 spiro atoms. The minimum Gasteiger partial charge on any atom is -0.333 e. The van der Waals surface area contributed by atoms with Gasteiger partial charge in [0.15, 0.2) is 0 Å². The highest BCUT2D eigenvalue weighted by Crippen LogP contribution is 2.36. The van der Waals surface area contributed by atoms with E-state index in [-0.39, 0.29) is 35.7 Å². The molecular weight excluding hydrogens is 448 g/mol. The number of benzene rings is 2. The van der Waals surface area contributed by atoms with Gasteiger partial charge in [-0.15, -0.1) is 11.3 Å². The molecule has 0 radical (unpaired) electrons. The molecule has 0 unspecified atom stereocenters. The summed E-state index contributed by atoms with van der Waals surface area (Å²) in [5.74, 6) is -0.321. The van der Waals surface area contributed by atoms with Crippen LogP contribution in [0.5, 0.6) is 0 Å². The summed E-state index contributed by atoms with van der Waals surface area (Å²) < 4.78 is 28.6. The van der Waals surface area contributed by atoms with Crippen molar-refractivity contribution < 1.29 is 18.0 Å². The quantitative estimate of drug-likeness (QED) is 0.549. The molecule has 0 aliphatic carbocycles. The minimum absolute atomic E-state index is 0.0116. The maximum Gasteiger partial charge on any atom is 0.240 e. The van der Waals surface area contributed by atoms with Crippen molar-refractivity contribution in [2.45, 2.75) is 37.1 Å². The molecule has 10 heteroatoms. The number of nitrogens with zero attached hydrogens (tertiary/aromatic N) is 2. The van der Waals surface area contributed by atoms with E-state index in [9.17, 15) is 18.0 Å². The van der Waals surface area contributed by atoms with E-state index in [0.717, 1.165) is 28.1 Å². The van der Waals surface area contributed by atoms with Gasteiger partial charge in [0.05, 0.1) is 21.2 Å². The van der Waals surface area contributed by atoms with Crippen LogP contribution in [0.25, 0.3) is 10.2 Å². The number of carbonyl (C=O) groups is 2. The van der Waals surface area contributed by atoms with Crippen molar-refractivity contribution in [1.82, 2.24) is 14.6 Å². The van der Waals surface area contributed by atoms with Crippen molar-refractivity contribution in [1.29, 1.82) is 0 Å². The predicted octanol–water partition coefficient (Wildman–Crippen LogP) is 3.29. The molecule has 1 fully saturated rings. The van der Waals surface area contributed by atoms with Gasteiger partial charge in [0.2, 0.25) is 21.8 Å². The second kappa shape index (κ2) is 9.35. The summed E-state index contributed by atoms with van der Waals surface area (Å²) >= 11 is 1.60. The van der Waals surface area contributed by atoms with Crippen molar-refractivity contribution >= 4 is 49.1 Å². The molecule has 2 amide bonds. The Morgan fingerprint density at radius 3 is 2.62 bits per heavy atom. The van der Waals surface area contributed by atoms with E-state index < -0.39 is 10.0 Å². The van der Waals surface area contributed by atoms with Crippen LogP contribution >= 0.6 is 11.3 Å². The van der Waals surface area contributed by atoms with Crippen LogP contribution in [-0.2, 0) is 19.6 Å². The van der Waals surface area contributed by atoms with E-state index in [2.05, 4.69) is 10.0 Å². The molecule has 1 aliphatic heterocycles. The normalized spacial score (nSPS) is 16.4. The van der Waals surface area contributed by atoms with Crippen LogP contribution in [0, 0.1) is 0 Å². The van der Waals surface area contributed by atoms with Crippen LogP contribution in [0.4, 0.5) is 5.69 Å². The van der Waals surface area contributed by atoms with Crippen molar-refractivity contribution in [3.63, 3.8) is 0 Å². The van der Waals surface area contributed by atoms with Crippen molar-refractivity contribution in [2.24, 2.45) is 0 Å². The van der Waals surface area contributed by atoms with Crippen molar-refractivity contribution in [3.8, 4) is 0 Å². The fourth-order valence-corrected chi connectivity index (χ4v) is 5.94. The first-order valence-electron chi connectivity index (χ1n) is 10.4. The summed E-state index contributed by atoms with van der Waals surface area (Å²) in [6.07, 6.45) is 1.83. The second-order valence-electron chi connectivity index (χ2n) is 7.62. The number of likely N-dealkylation sites (tertiary alicyclic amines) is 1. The van der Waals surface area contributed by atoms with E-state index >= 15 is 0 Å². The smallest absolute Gasteiger partial charge is 0.240 e. The van der Waals surface area contributed by atoms with Gasteiger partial charge in [0.25, 0.3) is 0 Å².